The van der Waals surface area contributed by atoms with Gasteiger partial charge in [0.15, 0.2) is 0 Å². The van der Waals surface area contributed by atoms with Gasteiger partial charge in [0.25, 0.3) is 0 Å². The van der Waals surface area contributed by atoms with Crippen molar-refractivity contribution in [2.75, 3.05) is 0 Å². The molecular weight excluding hydrogens is 175 g/mol. The van der Waals surface area contributed by atoms with Crippen LogP contribution in [0.3, 0.4) is 0 Å². The molecule has 0 aromatic heterocycles. The zero-order valence-electron chi connectivity index (χ0n) is 8.99. The third-order valence-electron chi connectivity index (χ3n) is 2.38. The van der Waals surface area contributed by atoms with Gasteiger partial charge in [0.2, 0.25) is 0 Å². The number of hydrogen-bond acceptors (Lipinski definition) is 0. The first kappa shape index (κ1) is 11.0. The Labute approximate surface area is 85.5 Å². The Morgan fingerprint density at radius 1 is 1.29 bits per heavy atom. The summed E-state index contributed by atoms with van der Waals surface area (Å²) in [5.74, 6) is -0.203. The molecule has 0 saturated carbocycles. The van der Waals surface area contributed by atoms with Crippen LogP contribution < -0.4 is 0 Å². The fourth-order valence-electron chi connectivity index (χ4n) is 1.71. The van der Waals surface area contributed by atoms with Gasteiger partial charge in [-0.2, -0.15) is 0 Å². The van der Waals surface area contributed by atoms with Gasteiger partial charge in [-0.1, -0.05) is 19.2 Å². The van der Waals surface area contributed by atoms with E-state index in [9.17, 15) is 4.39 Å². The lowest BCUT2D eigenvalue weighted by atomic mass is 9.96. The Morgan fingerprint density at radius 3 is 2.29 bits per heavy atom. The van der Waals surface area contributed by atoms with Crippen molar-refractivity contribution in [3.8, 4) is 0 Å². The molecule has 1 heteroatoms. The molecule has 0 aromatic carbocycles. The maximum Gasteiger partial charge on any atom is 0.133 e. The lowest BCUT2D eigenvalue weighted by Gasteiger charge is -2.10. The normalized spacial score (nSPS) is 17.5. The van der Waals surface area contributed by atoms with Crippen LogP contribution in [0.2, 0.25) is 0 Å². The summed E-state index contributed by atoms with van der Waals surface area (Å²) < 4.78 is 13.8. The highest BCUT2D eigenvalue weighted by Crippen LogP contribution is 2.33. The summed E-state index contributed by atoms with van der Waals surface area (Å²) >= 11 is 0. The topological polar surface area (TPSA) is 0 Å². The predicted molar refractivity (Wildman–Crippen MR) is 59.7 cm³/mol. The zero-order valence-corrected chi connectivity index (χ0v) is 8.99. The molecule has 0 heterocycles. The second-order valence-electron chi connectivity index (χ2n) is 3.87. The molecule has 0 radical (unpaired) electrons. The van der Waals surface area contributed by atoms with Gasteiger partial charge in [-0.05, 0) is 49.8 Å². The van der Waals surface area contributed by atoms with Crippen LogP contribution >= 0.6 is 0 Å². The molecular formula is C13H17F. The van der Waals surface area contributed by atoms with Gasteiger partial charge in [0, 0.05) is 5.57 Å². The average molecular weight is 192 g/mol. The van der Waals surface area contributed by atoms with Gasteiger partial charge in [-0.3, -0.25) is 0 Å². The van der Waals surface area contributed by atoms with E-state index < -0.39 is 0 Å². The molecule has 0 N–H and O–H groups in total. The summed E-state index contributed by atoms with van der Waals surface area (Å²) in [5.41, 5.74) is 3.04. The van der Waals surface area contributed by atoms with E-state index in [4.69, 9.17) is 0 Å². The summed E-state index contributed by atoms with van der Waals surface area (Å²) in [7, 11) is 0. The molecule has 1 aliphatic rings. The quantitative estimate of drug-likeness (QED) is 0.579. The largest absolute Gasteiger partial charge is 0.206 e. The predicted octanol–water partition coefficient (Wildman–Crippen LogP) is 4.47. The van der Waals surface area contributed by atoms with E-state index in [1.54, 1.807) is 6.92 Å². The molecule has 14 heavy (non-hydrogen) atoms. The minimum Gasteiger partial charge on any atom is -0.206 e. The third kappa shape index (κ3) is 2.22. The van der Waals surface area contributed by atoms with Crippen LogP contribution in [-0.4, -0.2) is 0 Å². The minimum atomic E-state index is -0.203. The summed E-state index contributed by atoms with van der Waals surface area (Å²) in [5, 5.41) is 0. The lowest BCUT2D eigenvalue weighted by Crippen LogP contribution is -1.93. The van der Waals surface area contributed by atoms with Crippen molar-refractivity contribution in [1.29, 1.82) is 0 Å². The molecule has 0 atom stereocenters. The van der Waals surface area contributed by atoms with E-state index in [0.29, 0.717) is 11.1 Å². The zero-order chi connectivity index (χ0) is 10.7. The highest BCUT2D eigenvalue weighted by Gasteiger charge is 2.15. The highest BCUT2D eigenvalue weighted by molar-refractivity contribution is 5.51. The van der Waals surface area contributed by atoms with Crippen molar-refractivity contribution in [2.45, 2.75) is 33.1 Å². The molecule has 0 amide bonds. The molecule has 0 aliphatic heterocycles. The Kier molecular flexibility index (Phi) is 3.45. The molecule has 1 aliphatic carbocycles. The van der Waals surface area contributed by atoms with Crippen molar-refractivity contribution < 1.29 is 4.39 Å². The molecule has 0 nitrogen and oxygen atoms in total. The summed E-state index contributed by atoms with van der Waals surface area (Å²) in [6.07, 6.45) is 5.24. The smallest absolute Gasteiger partial charge is 0.133 e. The van der Waals surface area contributed by atoms with Crippen LogP contribution in [0.15, 0.2) is 47.4 Å². The van der Waals surface area contributed by atoms with Crippen LogP contribution in [0, 0.1) is 0 Å². The first-order chi connectivity index (χ1) is 6.54. The Morgan fingerprint density at radius 2 is 1.93 bits per heavy atom. The standard InChI is InChI=1S/C13H17F/c1-9(2)12(13(14)10(3)4)11-7-5-6-8-11/h7H,1,3,5-6,8H2,2,4H3/b13-12-. The second kappa shape index (κ2) is 4.41. The first-order valence-electron chi connectivity index (χ1n) is 4.95. The van der Waals surface area contributed by atoms with Gasteiger partial charge >= 0.3 is 0 Å². The van der Waals surface area contributed by atoms with Gasteiger partial charge in [-0.25, -0.2) is 4.39 Å². The van der Waals surface area contributed by atoms with Gasteiger partial charge in [0.05, 0.1) is 0 Å². The van der Waals surface area contributed by atoms with E-state index in [1.807, 2.05) is 6.92 Å². The van der Waals surface area contributed by atoms with Crippen molar-refractivity contribution in [3.63, 3.8) is 0 Å². The fraction of sp³-hybridized carbons (Fsp3) is 0.385. The molecule has 0 unspecified atom stereocenters. The first-order valence-corrected chi connectivity index (χ1v) is 4.95. The van der Waals surface area contributed by atoms with Crippen molar-refractivity contribution >= 4 is 0 Å². The van der Waals surface area contributed by atoms with Crippen LogP contribution in [0.4, 0.5) is 4.39 Å². The Hall–Kier alpha value is -1.11. The van der Waals surface area contributed by atoms with Crippen molar-refractivity contribution in [3.05, 3.63) is 47.4 Å². The van der Waals surface area contributed by atoms with Crippen LogP contribution in [0.1, 0.15) is 33.1 Å². The van der Waals surface area contributed by atoms with Gasteiger partial charge < -0.3 is 0 Å². The second-order valence-corrected chi connectivity index (χ2v) is 3.87. The third-order valence-corrected chi connectivity index (χ3v) is 2.38. The van der Waals surface area contributed by atoms with Crippen molar-refractivity contribution in [2.24, 2.45) is 0 Å². The van der Waals surface area contributed by atoms with E-state index in [1.165, 1.54) is 0 Å². The maximum atomic E-state index is 13.8. The number of halogens is 1. The van der Waals surface area contributed by atoms with Gasteiger partial charge in [0.1, 0.15) is 5.83 Å². The molecule has 0 aromatic rings. The van der Waals surface area contributed by atoms with E-state index in [-0.39, 0.29) is 5.83 Å². The van der Waals surface area contributed by atoms with Crippen molar-refractivity contribution in [1.82, 2.24) is 0 Å². The van der Waals surface area contributed by atoms with Crippen LogP contribution in [0.5, 0.6) is 0 Å². The molecule has 1 rings (SSSR count). The molecule has 0 fully saturated rings. The van der Waals surface area contributed by atoms with E-state index >= 15 is 0 Å². The summed E-state index contributed by atoms with van der Waals surface area (Å²) in [6.45, 7) is 11.0. The fourth-order valence-corrected chi connectivity index (χ4v) is 1.71. The van der Waals surface area contributed by atoms with Crippen LogP contribution in [-0.2, 0) is 0 Å². The molecule has 0 spiro atoms. The molecule has 76 valence electrons. The Bertz CT molecular complexity index is 329. The van der Waals surface area contributed by atoms with E-state index in [0.717, 1.165) is 30.4 Å². The molecule has 0 saturated heterocycles. The average Bonchev–Trinajstić information content (AvgIpc) is 2.56. The Balaban J connectivity index is 3.12. The number of hydrogen-bond donors (Lipinski definition) is 0. The summed E-state index contributed by atoms with van der Waals surface area (Å²) in [6, 6.07) is 0. The minimum absolute atomic E-state index is 0.203. The number of rotatable bonds is 3. The summed E-state index contributed by atoms with van der Waals surface area (Å²) in [4.78, 5) is 0. The van der Waals surface area contributed by atoms with Gasteiger partial charge in [-0.15, -0.1) is 0 Å². The van der Waals surface area contributed by atoms with E-state index in [2.05, 4.69) is 19.2 Å². The monoisotopic (exact) mass is 192 g/mol. The SMILES string of the molecule is C=C(C)/C(F)=C(\C(=C)C)C1=CCCC1. The highest BCUT2D eigenvalue weighted by atomic mass is 19.1. The van der Waals surface area contributed by atoms with Crippen LogP contribution in [0.25, 0.3) is 0 Å². The number of allylic oxidation sites excluding steroid dienone is 6. The lowest BCUT2D eigenvalue weighted by molar-refractivity contribution is 0.642. The maximum absolute atomic E-state index is 13.8. The molecule has 0 bridgehead atoms.